The van der Waals surface area contributed by atoms with Gasteiger partial charge in [-0.05, 0) is 0 Å². The molecule has 1 rings (SSSR count). The fourth-order valence-corrected chi connectivity index (χ4v) is 1.90. The summed E-state index contributed by atoms with van der Waals surface area (Å²) < 4.78 is 4.97. The number of nitrogens with zero attached hydrogens (tertiary/aromatic N) is 1. The third-order valence-corrected chi connectivity index (χ3v) is 2.92. The number of rotatable bonds is 4. The van der Waals surface area contributed by atoms with Crippen LogP contribution in [0.15, 0.2) is 5.38 Å². The molecular weight excluding hydrogens is 184 g/mol. The van der Waals surface area contributed by atoms with Crippen LogP contribution in [-0.2, 0) is 4.74 Å². The van der Waals surface area contributed by atoms with Crippen LogP contribution < -0.4 is 5.73 Å². The van der Waals surface area contributed by atoms with Gasteiger partial charge in [-0.3, -0.25) is 0 Å². The molecule has 3 nitrogen and oxygen atoms in total. The van der Waals surface area contributed by atoms with Gasteiger partial charge in [0.25, 0.3) is 0 Å². The van der Waals surface area contributed by atoms with Crippen LogP contribution in [0.3, 0.4) is 0 Å². The summed E-state index contributed by atoms with van der Waals surface area (Å²) in [6.07, 6.45) is 0. The molecule has 0 spiro atoms. The Morgan fingerprint density at radius 1 is 1.62 bits per heavy atom. The highest BCUT2D eigenvalue weighted by Gasteiger charge is 2.11. The third-order valence-electron chi connectivity index (χ3n) is 1.76. The van der Waals surface area contributed by atoms with E-state index in [4.69, 9.17) is 10.5 Å². The SMILES string of the molecule is COCC(N)c1csc(C(C)C)n1. The second-order valence-electron chi connectivity index (χ2n) is 3.33. The van der Waals surface area contributed by atoms with Gasteiger partial charge in [0.15, 0.2) is 0 Å². The molecule has 0 saturated carbocycles. The molecule has 0 fully saturated rings. The van der Waals surface area contributed by atoms with E-state index in [0.29, 0.717) is 12.5 Å². The highest BCUT2D eigenvalue weighted by Crippen LogP contribution is 2.21. The zero-order chi connectivity index (χ0) is 9.84. The van der Waals surface area contributed by atoms with Gasteiger partial charge in [0.05, 0.1) is 23.4 Å². The van der Waals surface area contributed by atoms with Crippen molar-refractivity contribution in [2.45, 2.75) is 25.8 Å². The summed E-state index contributed by atoms with van der Waals surface area (Å²) in [7, 11) is 1.65. The lowest BCUT2D eigenvalue weighted by Crippen LogP contribution is -2.16. The van der Waals surface area contributed by atoms with Crippen molar-refractivity contribution in [2.75, 3.05) is 13.7 Å². The minimum absolute atomic E-state index is 0.0891. The third kappa shape index (κ3) is 2.76. The van der Waals surface area contributed by atoms with Crippen molar-refractivity contribution in [3.63, 3.8) is 0 Å². The molecule has 1 heterocycles. The van der Waals surface area contributed by atoms with Crippen molar-refractivity contribution in [3.8, 4) is 0 Å². The second kappa shape index (κ2) is 4.69. The molecule has 2 N–H and O–H groups in total. The summed E-state index contributed by atoms with van der Waals surface area (Å²) in [5, 5.41) is 3.15. The highest BCUT2D eigenvalue weighted by molar-refractivity contribution is 7.09. The Labute approximate surface area is 82.9 Å². The Morgan fingerprint density at radius 2 is 2.31 bits per heavy atom. The molecule has 0 saturated heterocycles. The summed E-state index contributed by atoms with van der Waals surface area (Å²) in [5.74, 6) is 0.480. The Hall–Kier alpha value is -0.450. The van der Waals surface area contributed by atoms with Crippen molar-refractivity contribution in [1.82, 2.24) is 4.98 Å². The summed E-state index contributed by atoms with van der Waals surface area (Å²) in [6, 6.07) is -0.0891. The van der Waals surface area contributed by atoms with Crippen molar-refractivity contribution >= 4 is 11.3 Å². The summed E-state index contributed by atoms with van der Waals surface area (Å²) in [5.41, 5.74) is 6.78. The van der Waals surface area contributed by atoms with E-state index in [0.717, 1.165) is 10.7 Å². The molecule has 1 atom stereocenters. The summed E-state index contributed by atoms with van der Waals surface area (Å²) in [6.45, 7) is 4.79. The van der Waals surface area contributed by atoms with Gasteiger partial charge in [-0.25, -0.2) is 4.98 Å². The molecule has 0 amide bonds. The Morgan fingerprint density at radius 3 is 2.77 bits per heavy atom. The molecule has 0 aliphatic heterocycles. The number of ether oxygens (including phenoxy) is 1. The fourth-order valence-electron chi connectivity index (χ4n) is 1.00. The van der Waals surface area contributed by atoms with Gasteiger partial charge in [0, 0.05) is 18.4 Å². The van der Waals surface area contributed by atoms with Crippen LogP contribution in [-0.4, -0.2) is 18.7 Å². The van der Waals surface area contributed by atoms with Crippen LogP contribution in [0.4, 0.5) is 0 Å². The lowest BCUT2D eigenvalue weighted by Gasteiger charge is -2.06. The second-order valence-corrected chi connectivity index (χ2v) is 4.22. The van der Waals surface area contributed by atoms with Gasteiger partial charge in [-0.2, -0.15) is 0 Å². The average molecular weight is 200 g/mol. The van der Waals surface area contributed by atoms with E-state index in [9.17, 15) is 0 Å². The van der Waals surface area contributed by atoms with Crippen LogP contribution in [0, 0.1) is 0 Å². The molecule has 0 aliphatic rings. The molecule has 13 heavy (non-hydrogen) atoms. The van der Waals surface area contributed by atoms with E-state index < -0.39 is 0 Å². The molecule has 1 aromatic heterocycles. The van der Waals surface area contributed by atoms with Crippen LogP contribution in [0.25, 0.3) is 0 Å². The number of methoxy groups -OCH3 is 1. The average Bonchev–Trinajstić information content (AvgIpc) is 2.52. The molecule has 74 valence electrons. The van der Waals surface area contributed by atoms with Crippen LogP contribution in [0.1, 0.15) is 36.5 Å². The summed E-state index contributed by atoms with van der Waals surface area (Å²) in [4.78, 5) is 4.44. The van der Waals surface area contributed by atoms with E-state index in [2.05, 4.69) is 18.8 Å². The first-order valence-corrected chi connectivity index (χ1v) is 5.23. The van der Waals surface area contributed by atoms with Crippen molar-refractivity contribution in [1.29, 1.82) is 0 Å². The number of aromatic nitrogens is 1. The first kappa shape index (κ1) is 10.6. The topological polar surface area (TPSA) is 48.1 Å². The standard InChI is InChI=1S/C9H16N2OS/c1-6(2)9-11-8(5-13-9)7(10)4-12-3/h5-7H,4,10H2,1-3H3. The fraction of sp³-hybridized carbons (Fsp3) is 0.667. The number of thiazole rings is 1. The largest absolute Gasteiger partial charge is 0.383 e. The predicted octanol–water partition coefficient (Wildman–Crippen LogP) is 1.91. The molecular formula is C9H16N2OS. The van der Waals surface area contributed by atoms with E-state index in [-0.39, 0.29) is 6.04 Å². The lowest BCUT2D eigenvalue weighted by atomic mass is 10.2. The molecule has 4 heteroatoms. The maximum Gasteiger partial charge on any atom is 0.0954 e. The maximum atomic E-state index is 5.84. The monoisotopic (exact) mass is 200 g/mol. The van der Waals surface area contributed by atoms with E-state index in [1.165, 1.54) is 0 Å². The van der Waals surface area contributed by atoms with Crippen molar-refractivity contribution in [3.05, 3.63) is 16.1 Å². The first-order valence-electron chi connectivity index (χ1n) is 4.35. The molecule has 1 aromatic rings. The normalized spacial score (nSPS) is 13.6. The number of hydrogen-bond donors (Lipinski definition) is 1. The molecule has 0 aliphatic carbocycles. The first-order chi connectivity index (χ1) is 6.15. The smallest absolute Gasteiger partial charge is 0.0954 e. The zero-order valence-electron chi connectivity index (χ0n) is 8.28. The number of hydrogen-bond acceptors (Lipinski definition) is 4. The summed E-state index contributed by atoms with van der Waals surface area (Å²) >= 11 is 1.67. The molecule has 0 aromatic carbocycles. The molecule has 1 unspecified atom stereocenters. The minimum atomic E-state index is -0.0891. The molecule has 0 bridgehead atoms. The van der Waals surface area contributed by atoms with E-state index >= 15 is 0 Å². The Bertz CT molecular complexity index is 260. The van der Waals surface area contributed by atoms with Gasteiger partial charge in [-0.1, -0.05) is 13.8 Å². The number of nitrogens with two attached hydrogens (primary N) is 1. The van der Waals surface area contributed by atoms with Crippen molar-refractivity contribution in [2.24, 2.45) is 5.73 Å². The van der Waals surface area contributed by atoms with Crippen LogP contribution in [0.5, 0.6) is 0 Å². The van der Waals surface area contributed by atoms with Crippen LogP contribution >= 0.6 is 11.3 Å². The van der Waals surface area contributed by atoms with Gasteiger partial charge in [0.2, 0.25) is 0 Å². The quantitative estimate of drug-likeness (QED) is 0.807. The van der Waals surface area contributed by atoms with Gasteiger partial charge in [0.1, 0.15) is 0 Å². The Balaban J connectivity index is 2.67. The highest BCUT2D eigenvalue weighted by atomic mass is 32.1. The van der Waals surface area contributed by atoms with E-state index in [1.54, 1.807) is 18.4 Å². The van der Waals surface area contributed by atoms with Gasteiger partial charge >= 0.3 is 0 Å². The van der Waals surface area contributed by atoms with Crippen molar-refractivity contribution < 1.29 is 4.74 Å². The van der Waals surface area contributed by atoms with E-state index in [1.807, 2.05) is 5.38 Å². The minimum Gasteiger partial charge on any atom is -0.383 e. The van der Waals surface area contributed by atoms with Gasteiger partial charge in [-0.15, -0.1) is 11.3 Å². The zero-order valence-corrected chi connectivity index (χ0v) is 9.10. The van der Waals surface area contributed by atoms with Gasteiger partial charge < -0.3 is 10.5 Å². The predicted molar refractivity (Wildman–Crippen MR) is 55.0 cm³/mol. The maximum absolute atomic E-state index is 5.84. The van der Waals surface area contributed by atoms with Crippen LogP contribution in [0.2, 0.25) is 0 Å². The lowest BCUT2D eigenvalue weighted by molar-refractivity contribution is 0.180. The molecule has 0 radical (unpaired) electrons. The Kier molecular flexibility index (Phi) is 3.84.